The third-order valence-corrected chi connectivity index (χ3v) is 2.44. The summed E-state index contributed by atoms with van der Waals surface area (Å²) in [5.74, 6) is 0.104. The standard InChI is InChI=1S/C9H12BrNO2/c1-5-2-6(8(11)4-12)9(13)7(10)3-5/h2-3,8,12-13H,4,11H2,1H3. The fourth-order valence-corrected chi connectivity index (χ4v) is 1.73. The summed E-state index contributed by atoms with van der Waals surface area (Å²) in [5, 5.41) is 18.4. The number of aryl methyl sites for hydroxylation is 1. The Labute approximate surface area is 85.3 Å². The van der Waals surface area contributed by atoms with Gasteiger partial charge in [-0.1, -0.05) is 6.07 Å². The van der Waals surface area contributed by atoms with Gasteiger partial charge in [0, 0.05) is 5.56 Å². The summed E-state index contributed by atoms with van der Waals surface area (Å²) in [6, 6.07) is 3.03. The first-order chi connectivity index (χ1) is 6.06. The van der Waals surface area contributed by atoms with Crippen LogP contribution in [0.5, 0.6) is 5.75 Å². The lowest BCUT2D eigenvalue weighted by Gasteiger charge is -2.12. The average Bonchev–Trinajstić information content (AvgIpc) is 2.10. The van der Waals surface area contributed by atoms with E-state index in [4.69, 9.17) is 10.8 Å². The van der Waals surface area contributed by atoms with E-state index in [1.165, 1.54) is 0 Å². The van der Waals surface area contributed by atoms with Crippen LogP contribution in [0.4, 0.5) is 0 Å². The topological polar surface area (TPSA) is 66.5 Å². The first-order valence-corrected chi connectivity index (χ1v) is 4.71. The second kappa shape index (κ2) is 4.09. The zero-order chi connectivity index (χ0) is 10.0. The summed E-state index contributed by atoms with van der Waals surface area (Å²) in [6.45, 7) is 1.72. The van der Waals surface area contributed by atoms with E-state index < -0.39 is 6.04 Å². The third-order valence-electron chi connectivity index (χ3n) is 1.83. The van der Waals surface area contributed by atoms with Crippen molar-refractivity contribution in [2.75, 3.05) is 6.61 Å². The molecule has 0 saturated carbocycles. The molecule has 0 fully saturated rings. The van der Waals surface area contributed by atoms with Gasteiger partial charge in [-0.25, -0.2) is 0 Å². The van der Waals surface area contributed by atoms with Crippen LogP contribution < -0.4 is 5.73 Å². The molecule has 0 bridgehead atoms. The predicted molar refractivity (Wildman–Crippen MR) is 54.6 cm³/mol. The van der Waals surface area contributed by atoms with E-state index in [2.05, 4.69) is 15.9 Å². The van der Waals surface area contributed by atoms with E-state index in [-0.39, 0.29) is 12.4 Å². The van der Waals surface area contributed by atoms with E-state index in [1.54, 1.807) is 12.1 Å². The van der Waals surface area contributed by atoms with E-state index in [9.17, 15) is 5.11 Å². The molecule has 0 heterocycles. The first kappa shape index (κ1) is 10.5. The van der Waals surface area contributed by atoms with Crippen molar-refractivity contribution in [1.82, 2.24) is 0 Å². The predicted octanol–water partition coefficient (Wildman–Crippen LogP) is 1.46. The van der Waals surface area contributed by atoms with Crippen molar-refractivity contribution in [2.45, 2.75) is 13.0 Å². The minimum absolute atomic E-state index is 0.104. The van der Waals surface area contributed by atoms with Crippen LogP contribution >= 0.6 is 15.9 Å². The lowest BCUT2D eigenvalue weighted by Crippen LogP contribution is -2.14. The molecule has 4 N–H and O–H groups in total. The van der Waals surface area contributed by atoms with Crippen LogP contribution in [-0.2, 0) is 0 Å². The highest BCUT2D eigenvalue weighted by molar-refractivity contribution is 9.10. The van der Waals surface area contributed by atoms with Gasteiger partial charge >= 0.3 is 0 Å². The van der Waals surface area contributed by atoms with Gasteiger partial charge in [-0.2, -0.15) is 0 Å². The molecule has 72 valence electrons. The van der Waals surface area contributed by atoms with Gasteiger partial charge in [0.05, 0.1) is 17.1 Å². The number of hydrogen-bond donors (Lipinski definition) is 3. The molecule has 0 aliphatic heterocycles. The molecule has 0 saturated heterocycles. The summed E-state index contributed by atoms with van der Waals surface area (Å²) in [4.78, 5) is 0. The van der Waals surface area contributed by atoms with Crippen molar-refractivity contribution in [3.05, 3.63) is 27.7 Å². The molecule has 13 heavy (non-hydrogen) atoms. The SMILES string of the molecule is Cc1cc(Br)c(O)c(C(N)CO)c1. The maximum Gasteiger partial charge on any atom is 0.134 e. The van der Waals surface area contributed by atoms with Crippen molar-refractivity contribution in [1.29, 1.82) is 0 Å². The highest BCUT2D eigenvalue weighted by Crippen LogP contribution is 2.32. The Morgan fingerprint density at radius 2 is 2.15 bits per heavy atom. The number of nitrogens with two attached hydrogens (primary N) is 1. The zero-order valence-electron chi connectivity index (χ0n) is 7.29. The largest absolute Gasteiger partial charge is 0.506 e. The molecule has 0 aliphatic carbocycles. The first-order valence-electron chi connectivity index (χ1n) is 3.91. The molecule has 1 rings (SSSR count). The molecule has 3 nitrogen and oxygen atoms in total. The van der Waals surface area contributed by atoms with Crippen LogP contribution in [0.3, 0.4) is 0 Å². The summed E-state index contributed by atoms with van der Waals surface area (Å²) in [7, 11) is 0. The zero-order valence-corrected chi connectivity index (χ0v) is 8.87. The molecule has 1 atom stereocenters. The highest BCUT2D eigenvalue weighted by atomic mass is 79.9. The number of benzene rings is 1. The molecule has 1 aromatic carbocycles. The number of phenolic OH excluding ortho intramolecular Hbond substituents is 1. The summed E-state index contributed by atoms with van der Waals surface area (Å²) >= 11 is 3.21. The van der Waals surface area contributed by atoms with Crippen molar-refractivity contribution < 1.29 is 10.2 Å². The second-order valence-electron chi connectivity index (χ2n) is 2.97. The number of phenols is 1. The molecule has 0 spiro atoms. The van der Waals surface area contributed by atoms with Crippen molar-refractivity contribution in [2.24, 2.45) is 5.73 Å². The molecular weight excluding hydrogens is 234 g/mol. The molecular formula is C9H12BrNO2. The number of hydrogen-bond acceptors (Lipinski definition) is 3. The van der Waals surface area contributed by atoms with Gasteiger partial charge in [-0.3, -0.25) is 0 Å². The Hall–Kier alpha value is -0.580. The van der Waals surface area contributed by atoms with Crippen LogP contribution in [-0.4, -0.2) is 16.8 Å². The maximum atomic E-state index is 9.59. The minimum Gasteiger partial charge on any atom is -0.506 e. The van der Waals surface area contributed by atoms with E-state index in [1.807, 2.05) is 6.92 Å². The second-order valence-corrected chi connectivity index (χ2v) is 3.83. The number of halogens is 1. The Bertz CT molecular complexity index is 315. The summed E-state index contributed by atoms with van der Waals surface area (Å²) < 4.78 is 0.603. The Morgan fingerprint density at radius 1 is 1.54 bits per heavy atom. The van der Waals surface area contributed by atoms with Gasteiger partial charge in [-0.15, -0.1) is 0 Å². The monoisotopic (exact) mass is 245 g/mol. The van der Waals surface area contributed by atoms with E-state index in [0.717, 1.165) is 5.56 Å². The van der Waals surface area contributed by atoms with Gasteiger partial charge in [0.15, 0.2) is 0 Å². The highest BCUT2D eigenvalue weighted by Gasteiger charge is 2.12. The molecule has 0 aromatic heterocycles. The smallest absolute Gasteiger partial charge is 0.134 e. The molecule has 1 unspecified atom stereocenters. The number of aromatic hydroxyl groups is 1. The van der Waals surface area contributed by atoms with Gasteiger partial charge in [-0.05, 0) is 34.5 Å². The molecule has 1 aromatic rings. The number of rotatable bonds is 2. The lowest BCUT2D eigenvalue weighted by molar-refractivity contribution is 0.265. The van der Waals surface area contributed by atoms with Gasteiger partial charge in [0.2, 0.25) is 0 Å². The quantitative estimate of drug-likeness (QED) is 0.739. The molecule has 0 aliphatic rings. The van der Waals surface area contributed by atoms with Crippen LogP contribution in [0.1, 0.15) is 17.2 Å². The van der Waals surface area contributed by atoms with Crippen LogP contribution in [0.25, 0.3) is 0 Å². The van der Waals surface area contributed by atoms with Crippen LogP contribution in [0.15, 0.2) is 16.6 Å². The summed E-state index contributed by atoms with van der Waals surface area (Å²) in [5.41, 5.74) is 7.16. The van der Waals surface area contributed by atoms with Crippen molar-refractivity contribution in [3.8, 4) is 5.75 Å². The molecule has 0 amide bonds. The fraction of sp³-hybridized carbons (Fsp3) is 0.333. The minimum atomic E-state index is -0.531. The van der Waals surface area contributed by atoms with E-state index >= 15 is 0 Å². The number of aliphatic hydroxyl groups excluding tert-OH is 1. The van der Waals surface area contributed by atoms with Gasteiger partial charge in [0.1, 0.15) is 5.75 Å². The number of aliphatic hydroxyl groups is 1. The maximum absolute atomic E-state index is 9.59. The normalized spacial score (nSPS) is 12.9. The Morgan fingerprint density at radius 3 is 2.69 bits per heavy atom. The van der Waals surface area contributed by atoms with Gasteiger partial charge in [0.25, 0.3) is 0 Å². The lowest BCUT2D eigenvalue weighted by atomic mass is 10.0. The van der Waals surface area contributed by atoms with Crippen molar-refractivity contribution in [3.63, 3.8) is 0 Å². The Kier molecular flexibility index (Phi) is 3.30. The van der Waals surface area contributed by atoms with Crippen LogP contribution in [0.2, 0.25) is 0 Å². The van der Waals surface area contributed by atoms with Crippen LogP contribution in [0, 0.1) is 6.92 Å². The average molecular weight is 246 g/mol. The van der Waals surface area contributed by atoms with Gasteiger partial charge < -0.3 is 15.9 Å². The Balaban J connectivity index is 3.20. The van der Waals surface area contributed by atoms with Crippen molar-refractivity contribution >= 4 is 15.9 Å². The summed E-state index contributed by atoms with van der Waals surface area (Å²) in [6.07, 6.45) is 0. The van der Waals surface area contributed by atoms with E-state index in [0.29, 0.717) is 10.0 Å². The molecule has 0 radical (unpaired) electrons. The fourth-order valence-electron chi connectivity index (χ4n) is 1.14. The molecule has 4 heteroatoms. The third kappa shape index (κ3) is 2.21.